The maximum atomic E-state index is 12.2. The molecule has 0 saturated carbocycles. The summed E-state index contributed by atoms with van der Waals surface area (Å²) in [5.74, 6) is -0.136. The number of cyclic esters (lactones) is 1. The predicted molar refractivity (Wildman–Crippen MR) is 82.1 cm³/mol. The van der Waals surface area contributed by atoms with Crippen molar-refractivity contribution in [2.24, 2.45) is 0 Å². The van der Waals surface area contributed by atoms with E-state index in [4.69, 9.17) is 4.74 Å². The van der Waals surface area contributed by atoms with Crippen molar-refractivity contribution >= 4 is 34.7 Å². The number of nitrogens with zero attached hydrogens (tertiary/aromatic N) is 1. The number of carbonyl (C=O) groups excluding carboxylic acids is 2. The van der Waals surface area contributed by atoms with Crippen LogP contribution in [0.15, 0.2) is 35.7 Å². The third kappa shape index (κ3) is 2.75. The van der Waals surface area contributed by atoms with E-state index in [1.54, 1.807) is 23.1 Å². The highest BCUT2D eigenvalue weighted by atomic mass is 32.1. The fourth-order valence-corrected chi connectivity index (χ4v) is 2.99. The Morgan fingerprint density at radius 2 is 2.24 bits per heavy atom. The summed E-state index contributed by atoms with van der Waals surface area (Å²) in [5.41, 5.74) is 2.33. The Morgan fingerprint density at radius 1 is 1.38 bits per heavy atom. The summed E-state index contributed by atoms with van der Waals surface area (Å²) in [7, 11) is 0. The quantitative estimate of drug-likeness (QED) is 0.946. The highest BCUT2D eigenvalue weighted by Gasteiger charge is 2.23. The van der Waals surface area contributed by atoms with Gasteiger partial charge in [-0.2, -0.15) is 0 Å². The highest BCUT2D eigenvalue weighted by Crippen LogP contribution is 2.24. The standard InChI is InChI=1S/C15H14N2O3S/c1-10-5-8-21-13(10)14(18)16-11-3-2-4-12(9-11)17-6-7-20-15(17)19/h2-5,8-9H,6-7H2,1H3,(H,16,18). The van der Waals surface area contributed by atoms with Gasteiger partial charge in [-0.3, -0.25) is 9.69 Å². The van der Waals surface area contributed by atoms with Gasteiger partial charge in [-0.1, -0.05) is 6.07 Å². The maximum absolute atomic E-state index is 12.2. The SMILES string of the molecule is Cc1ccsc1C(=O)Nc1cccc(N2CCOC2=O)c1. The van der Waals surface area contributed by atoms with Crippen LogP contribution in [0.5, 0.6) is 0 Å². The van der Waals surface area contributed by atoms with E-state index >= 15 is 0 Å². The van der Waals surface area contributed by atoms with Gasteiger partial charge >= 0.3 is 6.09 Å². The van der Waals surface area contributed by atoms with E-state index < -0.39 is 0 Å². The molecule has 0 bridgehead atoms. The largest absolute Gasteiger partial charge is 0.447 e. The van der Waals surface area contributed by atoms with Crippen LogP contribution in [-0.2, 0) is 4.74 Å². The molecule has 3 rings (SSSR count). The second kappa shape index (κ2) is 5.57. The predicted octanol–water partition coefficient (Wildman–Crippen LogP) is 3.27. The summed E-state index contributed by atoms with van der Waals surface area (Å²) in [6.45, 7) is 2.83. The summed E-state index contributed by atoms with van der Waals surface area (Å²) in [5, 5.41) is 4.75. The molecule has 0 aliphatic carbocycles. The first-order valence-corrected chi connectivity index (χ1v) is 7.43. The van der Waals surface area contributed by atoms with Gasteiger partial charge < -0.3 is 10.1 Å². The number of amides is 2. The number of nitrogens with one attached hydrogen (secondary N) is 1. The Bertz CT molecular complexity index is 696. The smallest absolute Gasteiger partial charge is 0.414 e. The van der Waals surface area contributed by atoms with E-state index in [0.29, 0.717) is 23.7 Å². The normalized spacial score (nSPS) is 14.1. The van der Waals surface area contributed by atoms with Crippen LogP contribution in [0.4, 0.5) is 16.2 Å². The minimum atomic E-state index is -0.354. The highest BCUT2D eigenvalue weighted by molar-refractivity contribution is 7.12. The molecule has 0 radical (unpaired) electrons. The van der Waals surface area contributed by atoms with Crippen LogP contribution in [0.3, 0.4) is 0 Å². The Balaban J connectivity index is 1.79. The summed E-state index contributed by atoms with van der Waals surface area (Å²) in [6, 6.07) is 9.10. The van der Waals surface area contributed by atoms with Gasteiger partial charge in [0.1, 0.15) is 6.61 Å². The van der Waals surface area contributed by atoms with Gasteiger partial charge in [-0.05, 0) is 42.1 Å². The molecule has 108 valence electrons. The van der Waals surface area contributed by atoms with Crippen molar-refractivity contribution in [3.05, 3.63) is 46.2 Å². The molecule has 1 aliphatic heterocycles. The topological polar surface area (TPSA) is 58.6 Å². The van der Waals surface area contributed by atoms with E-state index in [2.05, 4.69) is 5.32 Å². The number of carbonyl (C=O) groups is 2. The third-order valence-electron chi connectivity index (χ3n) is 3.24. The zero-order chi connectivity index (χ0) is 14.8. The lowest BCUT2D eigenvalue weighted by Crippen LogP contribution is -2.23. The van der Waals surface area contributed by atoms with Crippen molar-refractivity contribution < 1.29 is 14.3 Å². The summed E-state index contributed by atoms with van der Waals surface area (Å²) >= 11 is 1.41. The van der Waals surface area contributed by atoms with Gasteiger partial charge in [0.05, 0.1) is 11.4 Å². The first kappa shape index (κ1) is 13.6. The zero-order valence-corrected chi connectivity index (χ0v) is 12.3. The molecular formula is C15H14N2O3S. The van der Waals surface area contributed by atoms with Gasteiger partial charge in [0, 0.05) is 11.4 Å². The minimum absolute atomic E-state index is 0.136. The molecule has 0 atom stereocenters. The molecule has 1 N–H and O–H groups in total. The first-order chi connectivity index (χ1) is 10.1. The second-order valence-corrected chi connectivity index (χ2v) is 5.62. The molecule has 1 saturated heterocycles. The van der Waals surface area contributed by atoms with Gasteiger partial charge in [-0.25, -0.2) is 4.79 Å². The number of anilines is 2. The lowest BCUT2D eigenvalue weighted by atomic mass is 10.2. The van der Waals surface area contributed by atoms with Crippen LogP contribution < -0.4 is 10.2 Å². The van der Waals surface area contributed by atoms with Gasteiger partial charge in [0.15, 0.2) is 0 Å². The van der Waals surface area contributed by atoms with Crippen molar-refractivity contribution in [2.75, 3.05) is 23.4 Å². The molecule has 21 heavy (non-hydrogen) atoms. The molecule has 0 unspecified atom stereocenters. The van der Waals surface area contributed by atoms with Crippen molar-refractivity contribution in [3.63, 3.8) is 0 Å². The molecule has 2 heterocycles. The Hall–Kier alpha value is -2.34. The van der Waals surface area contributed by atoms with E-state index in [1.165, 1.54) is 11.3 Å². The average molecular weight is 302 g/mol. The van der Waals surface area contributed by atoms with Crippen LogP contribution in [0.1, 0.15) is 15.2 Å². The van der Waals surface area contributed by atoms with Crippen molar-refractivity contribution in [1.29, 1.82) is 0 Å². The molecule has 5 nitrogen and oxygen atoms in total. The number of hydrogen-bond donors (Lipinski definition) is 1. The Labute approximate surface area is 126 Å². The van der Waals surface area contributed by atoms with Gasteiger partial charge in [0.25, 0.3) is 5.91 Å². The molecule has 0 spiro atoms. The van der Waals surface area contributed by atoms with Crippen molar-refractivity contribution in [3.8, 4) is 0 Å². The van der Waals surface area contributed by atoms with Gasteiger partial charge in [0.2, 0.25) is 0 Å². The van der Waals surface area contributed by atoms with Crippen LogP contribution in [-0.4, -0.2) is 25.2 Å². The number of thiophene rings is 1. The fraction of sp³-hybridized carbons (Fsp3) is 0.200. The van der Waals surface area contributed by atoms with E-state index in [1.807, 2.05) is 24.4 Å². The monoisotopic (exact) mass is 302 g/mol. The molecule has 1 fully saturated rings. The second-order valence-electron chi connectivity index (χ2n) is 4.70. The molecule has 1 aromatic carbocycles. The number of ether oxygens (including phenoxy) is 1. The Kier molecular flexibility index (Phi) is 3.62. The van der Waals surface area contributed by atoms with Gasteiger partial charge in [-0.15, -0.1) is 11.3 Å². The van der Waals surface area contributed by atoms with Crippen LogP contribution in [0, 0.1) is 6.92 Å². The third-order valence-corrected chi connectivity index (χ3v) is 4.26. The van der Waals surface area contributed by atoms with Crippen molar-refractivity contribution in [2.45, 2.75) is 6.92 Å². The number of rotatable bonds is 3. The minimum Gasteiger partial charge on any atom is -0.447 e. The number of benzene rings is 1. The molecule has 1 aliphatic rings. The van der Waals surface area contributed by atoms with E-state index in [9.17, 15) is 9.59 Å². The fourth-order valence-electron chi connectivity index (χ4n) is 2.17. The summed E-state index contributed by atoms with van der Waals surface area (Å²) < 4.78 is 4.92. The first-order valence-electron chi connectivity index (χ1n) is 6.55. The van der Waals surface area contributed by atoms with Crippen molar-refractivity contribution in [1.82, 2.24) is 0 Å². The lowest BCUT2D eigenvalue weighted by Gasteiger charge is -2.14. The van der Waals surface area contributed by atoms with E-state index in [-0.39, 0.29) is 12.0 Å². The molecule has 1 aromatic heterocycles. The number of hydrogen-bond acceptors (Lipinski definition) is 4. The Morgan fingerprint density at radius 3 is 2.90 bits per heavy atom. The van der Waals surface area contributed by atoms with Crippen LogP contribution >= 0.6 is 11.3 Å². The molecule has 2 aromatic rings. The summed E-state index contributed by atoms with van der Waals surface area (Å²) in [4.78, 5) is 26.0. The summed E-state index contributed by atoms with van der Waals surface area (Å²) in [6.07, 6.45) is -0.354. The average Bonchev–Trinajstić information content (AvgIpc) is 3.07. The maximum Gasteiger partial charge on any atom is 0.414 e. The molecule has 6 heteroatoms. The van der Waals surface area contributed by atoms with Crippen LogP contribution in [0.2, 0.25) is 0 Å². The van der Waals surface area contributed by atoms with Crippen LogP contribution in [0.25, 0.3) is 0 Å². The molecule has 2 amide bonds. The number of aryl methyl sites for hydroxylation is 1. The van der Waals surface area contributed by atoms with E-state index in [0.717, 1.165) is 11.3 Å². The zero-order valence-electron chi connectivity index (χ0n) is 11.5. The lowest BCUT2D eigenvalue weighted by molar-refractivity contribution is 0.103. The molecular weight excluding hydrogens is 288 g/mol.